The minimum absolute atomic E-state index is 0.0890. The third-order valence-corrected chi connectivity index (χ3v) is 5.23. The largest absolute Gasteiger partial charge is 0.343 e. The summed E-state index contributed by atoms with van der Waals surface area (Å²) in [7, 11) is 0. The van der Waals surface area contributed by atoms with Crippen LogP contribution < -0.4 is 5.32 Å². The summed E-state index contributed by atoms with van der Waals surface area (Å²) in [6.45, 7) is 0. The van der Waals surface area contributed by atoms with Gasteiger partial charge in [0.1, 0.15) is 6.07 Å². The molecule has 4 rings (SSSR count). The second kappa shape index (κ2) is 7.58. The molecule has 1 aliphatic rings. The van der Waals surface area contributed by atoms with Gasteiger partial charge >= 0.3 is 0 Å². The Labute approximate surface area is 157 Å². The van der Waals surface area contributed by atoms with Gasteiger partial charge in [-0.1, -0.05) is 37.5 Å². The van der Waals surface area contributed by atoms with Crippen molar-refractivity contribution in [2.24, 2.45) is 5.92 Å². The summed E-state index contributed by atoms with van der Waals surface area (Å²) in [6, 6.07) is 12.9. The lowest BCUT2D eigenvalue weighted by atomic mass is 9.82. The van der Waals surface area contributed by atoms with Gasteiger partial charge < -0.3 is 5.32 Å². The van der Waals surface area contributed by atoms with Crippen LogP contribution in [0.5, 0.6) is 0 Å². The van der Waals surface area contributed by atoms with Gasteiger partial charge in [-0.2, -0.15) is 10.4 Å². The molecule has 1 aliphatic carbocycles. The van der Waals surface area contributed by atoms with E-state index in [-0.39, 0.29) is 11.9 Å². The van der Waals surface area contributed by atoms with Crippen LogP contribution in [-0.4, -0.2) is 20.5 Å². The molecule has 1 atom stereocenters. The Morgan fingerprint density at radius 2 is 2.00 bits per heavy atom. The maximum absolute atomic E-state index is 12.8. The summed E-state index contributed by atoms with van der Waals surface area (Å²) in [4.78, 5) is 17.5. The van der Waals surface area contributed by atoms with E-state index in [4.69, 9.17) is 5.26 Å². The molecule has 1 N–H and O–H groups in total. The Balaban J connectivity index is 1.67. The third kappa shape index (κ3) is 3.68. The number of nitriles is 1. The molecule has 6 heteroatoms. The predicted molar refractivity (Wildman–Crippen MR) is 101 cm³/mol. The minimum Gasteiger partial charge on any atom is -0.343 e. The molecular formula is C21H21N5O. The summed E-state index contributed by atoms with van der Waals surface area (Å²) < 4.78 is 1.67. The maximum Gasteiger partial charge on any atom is 0.251 e. The van der Waals surface area contributed by atoms with Gasteiger partial charge in [0.25, 0.3) is 5.91 Å². The SMILES string of the molecule is N#Cc1cnn2cc([C@@H](NC(=O)c3ccccc3)C3CCCCC3)nc2c1. The fraction of sp³-hybridized carbons (Fsp3) is 0.333. The van der Waals surface area contributed by atoms with E-state index in [0.29, 0.717) is 22.7 Å². The smallest absolute Gasteiger partial charge is 0.251 e. The molecule has 0 aliphatic heterocycles. The van der Waals surface area contributed by atoms with Crippen molar-refractivity contribution < 1.29 is 4.79 Å². The molecule has 0 bridgehead atoms. The molecule has 1 amide bonds. The Kier molecular flexibility index (Phi) is 4.84. The lowest BCUT2D eigenvalue weighted by Crippen LogP contribution is -2.34. The maximum atomic E-state index is 12.8. The molecule has 2 aromatic heterocycles. The molecule has 0 unspecified atom stereocenters. The zero-order valence-electron chi connectivity index (χ0n) is 15.0. The van der Waals surface area contributed by atoms with Crippen LogP contribution >= 0.6 is 0 Å². The van der Waals surface area contributed by atoms with Crippen LogP contribution in [0.1, 0.15) is 59.8 Å². The third-order valence-electron chi connectivity index (χ3n) is 5.23. The van der Waals surface area contributed by atoms with Gasteiger partial charge in [0, 0.05) is 11.6 Å². The summed E-state index contributed by atoms with van der Waals surface area (Å²) in [5.74, 6) is 0.265. The molecule has 1 saturated carbocycles. The van der Waals surface area contributed by atoms with E-state index in [0.717, 1.165) is 18.5 Å². The van der Waals surface area contributed by atoms with Gasteiger partial charge in [0.2, 0.25) is 0 Å². The number of aromatic nitrogens is 3. The van der Waals surface area contributed by atoms with Crippen molar-refractivity contribution >= 4 is 11.6 Å². The van der Waals surface area contributed by atoms with Crippen LogP contribution in [0.4, 0.5) is 0 Å². The van der Waals surface area contributed by atoms with E-state index in [1.807, 2.05) is 36.5 Å². The van der Waals surface area contributed by atoms with Crippen LogP contribution in [-0.2, 0) is 0 Å². The van der Waals surface area contributed by atoms with Crippen molar-refractivity contribution in [3.8, 4) is 6.07 Å². The van der Waals surface area contributed by atoms with Crippen molar-refractivity contribution in [2.75, 3.05) is 0 Å². The van der Waals surface area contributed by atoms with Crippen molar-refractivity contribution in [1.82, 2.24) is 19.9 Å². The zero-order chi connectivity index (χ0) is 18.6. The number of carbonyl (C=O) groups excluding carboxylic acids is 1. The van der Waals surface area contributed by atoms with Crippen LogP contribution in [0.15, 0.2) is 48.8 Å². The summed E-state index contributed by atoms with van der Waals surface area (Å²) in [6.07, 6.45) is 9.12. The molecule has 0 saturated heterocycles. The van der Waals surface area contributed by atoms with Gasteiger partial charge in [-0.15, -0.1) is 0 Å². The number of hydrogen-bond donors (Lipinski definition) is 1. The van der Waals surface area contributed by atoms with E-state index < -0.39 is 0 Å². The van der Waals surface area contributed by atoms with Crippen LogP contribution in [0.3, 0.4) is 0 Å². The molecule has 136 valence electrons. The predicted octanol–water partition coefficient (Wildman–Crippen LogP) is 3.65. The highest BCUT2D eigenvalue weighted by atomic mass is 16.1. The molecule has 1 aromatic carbocycles. The fourth-order valence-corrected chi connectivity index (χ4v) is 3.82. The number of carbonyl (C=O) groups is 1. The molecule has 2 heterocycles. The quantitative estimate of drug-likeness (QED) is 0.771. The monoisotopic (exact) mass is 359 g/mol. The van der Waals surface area contributed by atoms with E-state index in [9.17, 15) is 4.79 Å². The van der Waals surface area contributed by atoms with Crippen LogP contribution in [0.2, 0.25) is 0 Å². The van der Waals surface area contributed by atoms with E-state index in [1.54, 1.807) is 10.6 Å². The normalized spacial score (nSPS) is 16.0. The Bertz CT molecular complexity index is 983. The van der Waals surface area contributed by atoms with Crippen molar-refractivity contribution in [1.29, 1.82) is 5.26 Å². The number of nitrogens with one attached hydrogen (secondary N) is 1. The molecule has 3 aromatic rings. The van der Waals surface area contributed by atoms with Crippen molar-refractivity contribution in [2.45, 2.75) is 38.1 Å². The lowest BCUT2D eigenvalue weighted by Gasteiger charge is -2.29. The van der Waals surface area contributed by atoms with Gasteiger partial charge in [0.05, 0.1) is 29.7 Å². The van der Waals surface area contributed by atoms with Crippen LogP contribution in [0, 0.1) is 17.2 Å². The summed E-state index contributed by atoms with van der Waals surface area (Å²) >= 11 is 0. The number of fused-ring (bicyclic) bond motifs is 1. The number of nitrogens with zero attached hydrogens (tertiary/aromatic N) is 4. The number of imidazole rings is 1. The number of benzene rings is 1. The molecule has 27 heavy (non-hydrogen) atoms. The lowest BCUT2D eigenvalue weighted by molar-refractivity contribution is 0.0911. The first-order chi connectivity index (χ1) is 13.2. The van der Waals surface area contributed by atoms with Gasteiger partial charge in [0.15, 0.2) is 5.65 Å². The summed E-state index contributed by atoms with van der Waals surface area (Å²) in [5.41, 5.74) is 2.54. The van der Waals surface area contributed by atoms with Gasteiger partial charge in [-0.05, 0) is 30.9 Å². The van der Waals surface area contributed by atoms with Crippen LogP contribution in [0.25, 0.3) is 5.65 Å². The number of amides is 1. The van der Waals surface area contributed by atoms with Gasteiger partial charge in [-0.3, -0.25) is 4.79 Å². The van der Waals surface area contributed by atoms with E-state index in [1.165, 1.54) is 25.5 Å². The average Bonchev–Trinajstić information content (AvgIpc) is 3.16. The first kappa shape index (κ1) is 17.2. The fourth-order valence-electron chi connectivity index (χ4n) is 3.82. The number of hydrogen-bond acceptors (Lipinski definition) is 4. The molecular weight excluding hydrogens is 338 g/mol. The highest BCUT2D eigenvalue weighted by molar-refractivity contribution is 5.94. The molecule has 6 nitrogen and oxygen atoms in total. The summed E-state index contributed by atoms with van der Waals surface area (Å²) in [5, 5.41) is 16.5. The molecule has 0 radical (unpaired) electrons. The Hall–Kier alpha value is -3.20. The average molecular weight is 359 g/mol. The second-order valence-corrected chi connectivity index (χ2v) is 7.04. The van der Waals surface area contributed by atoms with Crippen molar-refractivity contribution in [3.05, 3.63) is 65.6 Å². The zero-order valence-corrected chi connectivity index (χ0v) is 15.0. The van der Waals surface area contributed by atoms with E-state index in [2.05, 4.69) is 21.5 Å². The molecule has 1 fully saturated rings. The highest BCUT2D eigenvalue weighted by Crippen LogP contribution is 2.34. The minimum atomic E-state index is -0.162. The topological polar surface area (TPSA) is 83.1 Å². The van der Waals surface area contributed by atoms with E-state index >= 15 is 0 Å². The Morgan fingerprint density at radius 1 is 1.22 bits per heavy atom. The van der Waals surface area contributed by atoms with Crippen molar-refractivity contribution in [3.63, 3.8) is 0 Å². The standard InChI is InChI=1S/C21H21N5O/c22-12-15-11-19-24-18(14-26(19)23-13-15)20(16-7-3-1-4-8-16)25-21(27)17-9-5-2-6-10-17/h2,5-6,9-11,13-14,16,20H,1,3-4,7-8H2,(H,25,27)/t20-/m0/s1. The first-order valence-electron chi connectivity index (χ1n) is 9.36. The highest BCUT2D eigenvalue weighted by Gasteiger charge is 2.29. The Morgan fingerprint density at radius 3 is 2.74 bits per heavy atom. The number of rotatable bonds is 4. The first-order valence-corrected chi connectivity index (χ1v) is 9.36. The second-order valence-electron chi connectivity index (χ2n) is 7.04. The molecule has 0 spiro atoms. The van der Waals surface area contributed by atoms with Gasteiger partial charge in [-0.25, -0.2) is 9.50 Å².